The highest BCUT2D eigenvalue weighted by atomic mass is 16.4. The topological polar surface area (TPSA) is 37.3 Å². The summed E-state index contributed by atoms with van der Waals surface area (Å²) in [5.41, 5.74) is 2.34. The van der Waals surface area contributed by atoms with E-state index < -0.39 is 5.97 Å². The van der Waals surface area contributed by atoms with Gasteiger partial charge in [-0.15, -0.1) is 0 Å². The Morgan fingerprint density at radius 1 is 1.17 bits per heavy atom. The first-order valence-corrected chi connectivity index (χ1v) is 6.77. The molecule has 1 unspecified atom stereocenters. The molecule has 0 saturated heterocycles. The number of carboxylic acids is 1. The van der Waals surface area contributed by atoms with Crippen molar-refractivity contribution in [1.82, 2.24) is 0 Å². The van der Waals surface area contributed by atoms with E-state index in [0.717, 1.165) is 24.8 Å². The highest BCUT2D eigenvalue weighted by molar-refractivity contribution is 5.70. The lowest BCUT2D eigenvalue weighted by Crippen LogP contribution is -2.16. The van der Waals surface area contributed by atoms with Crippen LogP contribution in [0, 0.1) is 18.8 Å². The monoisotopic (exact) mass is 248 g/mol. The summed E-state index contributed by atoms with van der Waals surface area (Å²) in [6, 6.07) is 8.16. The lowest BCUT2D eigenvalue weighted by Gasteiger charge is -2.13. The first-order chi connectivity index (χ1) is 8.49. The van der Waals surface area contributed by atoms with Crippen LogP contribution in [0.3, 0.4) is 0 Å². The van der Waals surface area contributed by atoms with Crippen molar-refractivity contribution < 1.29 is 9.90 Å². The number of hydrogen-bond acceptors (Lipinski definition) is 1. The van der Waals surface area contributed by atoms with Gasteiger partial charge in [0, 0.05) is 0 Å². The Balaban J connectivity index is 2.52. The summed E-state index contributed by atoms with van der Waals surface area (Å²) in [6.45, 7) is 6.40. The van der Waals surface area contributed by atoms with Crippen molar-refractivity contribution in [3.63, 3.8) is 0 Å². The third-order valence-corrected chi connectivity index (χ3v) is 3.29. The van der Waals surface area contributed by atoms with E-state index in [1.807, 2.05) is 31.2 Å². The average molecular weight is 248 g/mol. The zero-order valence-electron chi connectivity index (χ0n) is 11.6. The van der Waals surface area contributed by atoms with Crippen LogP contribution in [0.5, 0.6) is 0 Å². The summed E-state index contributed by atoms with van der Waals surface area (Å²) in [5, 5.41) is 9.25. The van der Waals surface area contributed by atoms with Gasteiger partial charge in [-0.25, -0.2) is 0 Å². The Morgan fingerprint density at radius 2 is 1.78 bits per heavy atom. The second-order valence-corrected chi connectivity index (χ2v) is 5.55. The van der Waals surface area contributed by atoms with Crippen LogP contribution >= 0.6 is 0 Å². The van der Waals surface area contributed by atoms with E-state index in [1.165, 1.54) is 5.56 Å². The molecule has 0 fully saturated rings. The van der Waals surface area contributed by atoms with Crippen LogP contribution in [0.2, 0.25) is 0 Å². The first-order valence-electron chi connectivity index (χ1n) is 6.77. The quantitative estimate of drug-likeness (QED) is 0.790. The van der Waals surface area contributed by atoms with Crippen molar-refractivity contribution in [2.45, 2.75) is 46.5 Å². The number of carboxylic acid groups (broad SMARTS) is 1. The Labute approximate surface area is 110 Å². The minimum absolute atomic E-state index is 0.244. The van der Waals surface area contributed by atoms with Crippen LogP contribution in [0.15, 0.2) is 24.3 Å². The second kappa shape index (κ2) is 7.20. The standard InChI is InChI=1S/C16H24O2/c1-12(2)5-4-6-15(16(17)18)11-14-9-7-13(3)8-10-14/h7-10,12,15H,4-6,11H2,1-3H3,(H,17,18). The fourth-order valence-corrected chi connectivity index (χ4v) is 2.09. The van der Waals surface area contributed by atoms with E-state index in [4.69, 9.17) is 0 Å². The van der Waals surface area contributed by atoms with Crippen molar-refractivity contribution in [3.05, 3.63) is 35.4 Å². The smallest absolute Gasteiger partial charge is 0.306 e. The molecule has 1 rings (SSSR count). The predicted molar refractivity (Wildman–Crippen MR) is 74.7 cm³/mol. The van der Waals surface area contributed by atoms with Gasteiger partial charge in [-0.2, -0.15) is 0 Å². The van der Waals surface area contributed by atoms with Gasteiger partial charge in [-0.05, 0) is 31.2 Å². The van der Waals surface area contributed by atoms with E-state index in [0.29, 0.717) is 12.3 Å². The van der Waals surface area contributed by atoms with Gasteiger partial charge in [0.2, 0.25) is 0 Å². The van der Waals surface area contributed by atoms with E-state index in [9.17, 15) is 9.90 Å². The predicted octanol–water partition coefficient (Wildman–Crippen LogP) is 4.06. The molecule has 1 aromatic carbocycles. The van der Waals surface area contributed by atoms with Crippen LogP contribution in [0.1, 0.15) is 44.2 Å². The van der Waals surface area contributed by atoms with Gasteiger partial charge in [0.15, 0.2) is 0 Å². The molecule has 1 atom stereocenters. The molecule has 0 bridgehead atoms. The molecule has 100 valence electrons. The van der Waals surface area contributed by atoms with Crippen molar-refractivity contribution in [2.24, 2.45) is 11.8 Å². The molecule has 2 nitrogen and oxygen atoms in total. The summed E-state index contributed by atoms with van der Waals surface area (Å²) in [4.78, 5) is 11.2. The summed E-state index contributed by atoms with van der Waals surface area (Å²) in [5.74, 6) is -0.260. The maximum atomic E-state index is 11.2. The largest absolute Gasteiger partial charge is 0.481 e. The summed E-state index contributed by atoms with van der Waals surface area (Å²) in [7, 11) is 0. The summed E-state index contributed by atoms with van der Waals surface area (Å²) < 4.78 is 0. The van der Waals surface area contributed by atoms with Crippen molar-refractivity contribution in [2.75, 3.05) is 0 Å². The minimum atomic E-state index is -0.667. The van der Waals surface area contributed by atoms with Crippen LogP contribution < -0.4 is 0 Å². The maximum absolute atomic E-state index is 11.2. The Kier molecular flexibility index (Phi) is 5.90. The van der Waals surface area contributed by atoms with Crippen LogP contribution in [-0.4, -0.2) is 11.1 Å². The number of carbonyl (C=O) groups is 1. The molecular formula is C16H24O2. The zero-order valence-corrected chi connectivity index (χ0v) is 11.6. The number of benzene rings is 1. The normalized spacial score (nSPS) is 12.7. The van der Waals surface area contributed by atoms with Gasteiger partial charge in [-0.1, -0.05) is 56.5 Å². The molecule has 18 heavy (non-hydrogen) atoms. The van der Waals surface area contributed by atoms with Gasteiger partial charge in [-0.3, -0.25) is 4.79 Å². The van der Waals surface area contributed by atoms with Crippen LogP contribution in [0.25, 0.3) is 0 Å². The number of hydrogen-bond donors (Lipinski definition) is 1. The fourth-order valence-electron chi connectivity index (χ4n) is 2.09. The fraction of sp³-hybridized carbons (Fsp3) is 0.562. The van der Waals surface area contributed by atoms with Gasteiger partial charge in [0.05, 0.1) is 5.92 Å². The number of aryl methyl sites for hydroxylation is 1. The van der Waals surface area contributed by atoms with Crippen molar-refractivity contribution in [1.29, 1.82) is 0 Å². The van der Waals surface area contributed by atoms with E-state index in [-0.39, 0.29) is 5.92 Å². The Bertz CT molecular complexity index is 365. The molecule has 0 radical (unpaired) electrons. The molecule has 0 spiro atoms. The highest BCUT2D eigenvalue weighted by Gasteiger charge is 2.17. The van der Waals surface area contributed by atoms with E-state index in [1.54, 1.807) is 0 Å². The van der Waals surface area contributed by atoms with Crippen molar-refractivity contribution >= 4 is 5.97 Å². The lowest BCUT2D eigenvalue weighted by atomic mass is 9.92. The molecule has 1 aromatic rings. The number of rotatable bonds is 7. The van der Waals surface area contributed by atoms with Gasteiger partial charge >= 0.3 is 5.97 Å². The Hall–Kier alpha value is -1.31. The van der Waals surface area contributed by atoms with Crippen LogP contribution in [0.4, 0.5) is 0 Å². The second-order valence-electron chi connectivity index (χ2n) is 5.55. The third kappa shape index (κ3) is 5.35. The van der Waals surface area contributed by atoms with Gasteiger partial charge in [0.1, 0.15) is 0 Å². The van der Waals surface area contributed by atoms with Crippen LogP contribution in [-0.2, 0) is 11.2 Å². The van der Waals surface area contributed by atoms with Crippen molar-refractivity contribution in [3.8, 4) is 0 Å². The molecule has 0 heterocycles. The number of aliphatic carboxylic acids is 1. The summed E-state index contributed by atoms with van der Waals surface area (Å²) >= 11 is 0. The molecule has 1 N–H and O–H groups in total. The molecule has 0 aliphatic rings. The minimum Gasteiger partial charge on any atom is -0.481 e. The molecular weight excluding hydrogens is 224 g/mol. The SMILES string of the molecule is Cc1ccc(CC(CCCC(C)C)C(=O)O)cc1. The highest BCUT2D eigenvalue weighted by Crippen LogP contribution is 2.18. The Morgan fingerprint density at radius 3 is 2.28 bits per heavy atom. The molecule has 0 amide bonds. The molecule has 0 aliphatic heterocycles. The molecule has 0 saturated carbocycles. The zero-order chi connectivity index (χ0) is 13.5. The molecule has 2 heteroatoms. The molecule has 0 aromatic heterocycles. The van der Waals surface area contributed by atoms with E-state index >= 15 is 0 Å². The van der Waals surface area contributed by atoms with Gasteiger partial charge in [0.25, 0.3) is 0 Å². The molecule has 0 aliphatic carbocycles. The van der Waals surface area contributed by atoms with Gasteiger partial charge < -0.3 is 5.11 Å². The third-order valence-electron chi connectivity index (χ3n) is 3.29. The maximum Gasteiger partial charge on any atom is 0.306 e. The summed E-state index contributed by atoms with van der Waals surface area (Å²) in [6.07, 6.45) is 3.53. The first kappa shape index (κ1) is 14.7. The lowest BCUT2D eigenvalue weighted by molar-refractivity contribution is -0.142. The van der Waals surface area contributed by atoms with E-state index in [2.05, 4.69) is 13.8 Å². The average Bonchev–Trinajstić information content (AvgIpc) is 2.30.